The van der Waals surface area contributed by atoms with Crippen LogP contribution in [0.5, 0.6) is 0 Å². The van der Waals surface area contributed by atoms with Gasteiger partial charge in [-0.25, -0.2) is 0 Å². The molecule has 0 spiro atoms. The second kappa shape index (κ2) is 3.19. The van der Waals surface area contributed by atoms with Crippen LogP contribution < -0.4 is 0 Å². The molecule has 0 aromatic heterocycles. The van der Waals surface area contributed by atoms with Gasteiger partial charge in [0.15, 0.2) is 5.16 Å². The lowest BCUT2D eigenvalue weighted by Crippen LogP contribution is -2.25. The van der Waals surface area contributed by atoms with Gasteiger partial charge in [-0.2, -0.15) is 4.52 Å². The molecule has 0 N–H and O–H groups in total. The molecule has 0 rings (SSSR count). The molecule has 0 heterocycles. The molecule has 1 nitrogen and oxygen atoms in total. The number of halogens is 2. The summed E-state index contributed by atoms with van der Waals surface area (Å²) < 4.78 is 31.4. The third-order valence-corrected chi connectivity index (χ3v) is 3.51. The van der Waals surface area contributed by atoms with Crippen LogP contribution >= 0.6 is 8.11 Å². The first kappa shape index (κ1) is 12.2. The summed E-state index contributed by atoms with van der Waals surface area (Å²) in [5, 5.41) is -1.04. The van der Waals surface area contributed by atoms with E-state index < -0.39 is 18.9 Å². The van der Waals surface area contributed by atoms with Crippen LogP contribution in [0.1, 0.15) is 41.5 Å². The Kier molecular flexibility index (Phi) is 3.26. The van der Waals surface area contributed by atoms with Crippen molar-refractivity contribution in [1.29, 1.82) is 0 Å². The highest BCUT2D eigenvalue weighted by molar-refractivity contribution is 7.62. The minimum Gasteiger partial charge on any atom is -0.164 e. The van der Waals surface area contributed by atoms with Crippen molar-refractivity contribution in [3.05, 3.63) is 0 Å². The standard InChI is InChI=1S/C8H18F2OP/c1-7(2,3)11-12(9,10)8(4,5)6/h1-6H3/q+1. The first-order chi connectivity index (χ1) is 4.96. The summed E-state index contributed by atoms with van der Waals surface area (Å²) >= 11 is 0. The van der Waals surface area contributed by atoms with E-state index in [-0.39, 0.29) is 0 Å². The molecule has 0 fully saturated rings. The minimum atomic E-state index is -4.25. The maximum Gasteiger partial charge on any atom is 0.525 e. The van der Waals surface area contributed by atoms with E-state index in [0.717, 1.165) is 0 Å². The lowest BCUT2D eigenvalue weighted by molar-refractivity contribution is 0.111. The summed E-state index contributed by atoms with van der Waals surface area (Å²) in [5.41, 5.74) is -0.759. The second-order valence-corrected chi connectivity index (χ2v) is 7.29. The molecular formula is C8H18F2OP+. The monoisotopic (exact) mass is 199 g/mol. The van der Waals surface area contributed by atoms with Gasteiger partial charge in [-0.3, -0.25) is 0 Å². The highest BCUT2D eigenvalue weighted by atomic mass is 31.3. The van der Waals surface area contributed by atoms with Crippen molar-refractivity contribution in [2.24, 2.45) is 0 Å². The molecule has 0 unspecified atom stereocenters. The normalized spacial score (nSPS) is 15.0. The lowest BCUT2D eigenvalue weighted by Gasteiger charge is -2.24. The molecule has 0 aliphatic heterocycles. The van der Waals surface area contributed by atoms with Crippen LogP contribution in [-0.4, -0.2) is 10.8 Å². The first-order valence-corrected chi connectivity index (χ1v) is 5.44. The molecule has 0 bridgehead atoms. The molecule has 74 valence electrons. The Labute approximate surface area is 74.2 Å². The molecule has 0 aromatic rings. The molecule has 0 amide bonds. The number of rotatable bonds is 1. The number of hydrogen-bond donors (Lipinski definition) is 0. The molecule has 0 saturated heterocycles. The van der Waals surface area contributed by atoms with E-state index in [1.807, 2.05) is 0 Å². The summed E-state index contributed by atoms with van der Waals surface area (Å²) in [6, 6.07) is 0. The fourth-order valence-electron chi connectivity index (χ4n) is 0.481. The van der Waals surface area contributed by atoms with E-state index in [1.165, 1.54) is 20.8 Å². The van der Waals surface area contributed by atoms with E-state index in [4.69, 9.17) is 4.52 Å². The topological polar surface area (TPSA) is 9.23 Å². The molecule has 0 radical (unpaired) electrons. The average Bonchev–Trinajstić information content (AvgIpc) is 1.52. The maximum atomic E-state index is 13.3. The summed E-state index contributed by atoms with van der Waals surface area (Å²) in [5.74, 6) is 0. The summed E-state index contributed by atoms with van der Waals surface area (Å²) in [6.07, 6.45) is 0. The van der Waals surface area contributed by atoms with Crippen molar-refractivity contribution in [1.82, 2.24) is 0 Å². The van der Waals surface area contributed by atoms with Crippen LogP contribution in [0.15, 0.2) is 0 Å². The van der Waals surface area contributed by atoms with Gasteiger partial charge in [-0.05, 0) is 41.5 Å². The minimum absolute atomic E-state index is 0.759. The second-order valence-electron chi connectivity index (χ2n) is 4.84. The Morgan fingerprint density at radius 3 is 1.33 bits per heavy atom. The molecule has 4 heteroatoms. The summed E-state index contributed by atoms with van der Waals surface area (Å²) in [4.78, 5) is 0. The van der Waals surface area contributed by atoms with E-state index in [9.17, 15) is 8.39 Å². The molecular weight excluding hydrogens is 181 g/mol. The fraction of sp³-hybridized carbons (Fsp3) is 1.00. The highest BCUT2D eigenvalue weighted by Crippen LogP contribution is 2.74. The van der Waals surface area contributed by atoms with Gasteiger partial charge in [-0.15, -0.1) is 0 Å². The van der Waals surface area contributed by atoms with Crippen molar-refractivity contribution in [2.45, 2.75) is 52.3 Å². The smallest absolute Gasteiger partial charge is 0.164 e. The van der Waals surface area contributed by atoms with Crippen LogP contribution in [-0.2, 0) is 4.52 Å². The molecule has 0 saturated carbocycles. The van der Waals surface area contributed by atoms with Crippen LogP contribution in [0.2, 0.25) is 0 Å². The Balaban J connectivity index is 4.44. The van der Waals surface area contributed by atoms with Gasteiger partial charge in [0.1, 0.15) is 5.60 Å². The van der Waals surface area contributed by atoms with Gasteiger partial charge in [0.25, 0.3) is 0 Å². The van der Waals surface area contributed by atoms with Crippen molar-refractivity contribution in [3.63, 3.8) is 0 Å². The highest BCUT2D eigenvalue weighted by Gasteiger charge is 2.59. The SMILES string of the molecule is CC(C)(C)O[P+](F)(F)C(C)(C)C. The lowest BCUT2D eigenvalue weighted by atomic mass is 10.2. The Hall–Kier alpha value is 0.250. The van der Waals surface area contributed by atoms with Crippen LogP contribution in [0, 0.1) is 0 Å². The molecule has 0 aliphatic rings. The quantitative estimate of drug-likeness (QED) is 0.572. The van der Waals surface area contributed by atoms with Crippen LogP contribution in [0.3, 0.4) is 0 Å². The van der Waals surface area contributed by atoms with Gasteiger partial charge in [0.05, 0.1) is 0 Å². The van der Waals surface area contributed by atoms with E-state index >= 15 is 0 Å². The van der Waals surface area contributed by atoms with Gasteiger partial charge >= 0.3 is 8.11 Å². The average molecular weight is 199 g/mol. The fourth-order valence-corrected chi connectivity index (χ4v) is 1.44. The third kappa shape index (κ3) is 3.77. The van der Waals surface area contributed by atoms with Crippen LogP contribution in [0.25, 0.3) is 0 Å². The van der Waals surface area contributed by atoms with E-state index in [0.29, 0.717) is 0 Å². The zero-order valence-corrected chi connectivity index (χ0v) is 9.51. The van der Waals surface area contributed by atoms with Gasteiger partial charge < -0.3 is 0 Å². The maximum absolute atomic E-state index is 13.3. The Bertz CT molecular complexity index is 155. The zero-order valence-electron chi connectivity index (χ0n) is 8.61. The zero-order chi connectivity index (χ0) is 10.2. The third-order valence-electron chi connectivity index (χ3n) is 1.17. The van der Waals surface area contributed by atoms with Crippen molar-refractivity contribution in [3.8, 4) is 0 Å². The van der Waals surface area contributed by atoms with Crippen molar-refractivity contribution in [2.75, 3.05) is 0 Å². The largest absolute Gasteiger partial charge is 0.525 e. The van der Waals surface area contributed by atoms with Crippen molar-refractivity contribution < 1.29 is 12.9 Å². The predicted octanol–water partition coefficient (Wildman–Crippen LogP) is 4.30. The van der Waals surface area contributed by atoms with Crippen LogP contribution in [0.4, 0.5) is 8.39 Å². The Morgan fingerprint density at radius 1 is 0.917 bits per heavy atom. The molecule has 0 aromatic carbocycles. The van der Waals surface area contributed by atoms with Crippen molar-refractivity contribution >= 4 is 8.11 Å². The van der Waals surface area contributed by atoms with E-state index in [2.05, 4.69) is 0 Å². The first-order valence-electron chi connectivity index (χ1n) is 3.95. The van der Waals surface area contributed by atoms with Gasteiger partial charge in [0, 0.05) is 8.39 Å². The summed E-state index contributed by atoms with van der Waals surface area (Å²) in [6.45, 7) is 9.46. The molecule has 12 heavy (non-hydrogen) atoms. The summed E-state index contributed by atoms with van der Waals surface area (Å²) in [7, 11) is -4.25. The van der Waals surface area contributed by atoms with Gasteiger partial charge in [0.2, 0.25) is 0 Å². The number of hydrogen-bond acceptors (Lipinski definition) is 1. The van der Waals surface area contributed by atoms with E-state index in [1.54, 1.807) is 20.8 Å². The molecule has 0 atom stereocenters. The molecule has 0 aliphatic carbocycles. The van der Waals surface area contributed by atoms with Gasteiger partial charge in [-0.1, -0.05) is 0 Å². The predicted molar refractivity (Wildman–Crippen MR) is 49.7 cm³/mol. The Morgan fingerprint density at radius 2 is 1.25 bits per heavy atom.